The highest BCUT2D eigenvalue weighted by Gasteiger charge is 2.27. The van der Waals surface area contributed by atoms with E-state index >= 15 is 0 Å². The van der Waals surface area contributed by atoms with Gasteiger partial charge in [0.1, 0.15) is 10.7 Å². The van der Waals surface area contributed by atoms with Crippen LogP contribution in [0.3, 0.4) is 0 Å². The maximum Gasteiger partial charge on any atom is 0.244 e. The summed E-state index contributed by atoms with van der Waals surface area (Å²) in [4.78, 5) is -0.440. The molecule has 0 amide bonds. The summed E-state index contributed by atoms with van der Waals surface area (Å²) in [6.45, 7) is 5.30. The van der Waals surface area contributed by atoms with Crippen molar-refractivity contribution in [3.05, 3.63) is 22.4 Å². The minimum Gasteiger partial charge on any atom is -0.398 e. The van der Waals surface area contributed by atoms with Gasteiger partial charge >= 0.3 is 0 Å². The summed E-state index contributed by atoms with van der Waals surface area (Å²) in [5.74, 6) is -0.838. The highest BCUT2D eigenvalue weighted by atomic mass is 79.9. The first kappa shape index (κ1) is 15.4. The smallest absolute Gasteiger partial charge is 0.244 e. The van der Waals surface area contributed by atoms with Crippen molar-refractivity contribution in [1.82, 2.24) is 4.72 Å². The van der Waals surface area contributed by atoms with Gasteiger partial charge in [0, 0.05) is 15.7 Å². The van der Waals surface area contributed by atoms with Crippen LogP contribution in [0.25, 0.3) is 0 Å². The average molecular weight is 339 g/mol. The third kappa shape index (κ3) is 3.43. The quantitative estimate of drug-likeness (QED) is 0.829. The molecule has 0 saturated heterocycles. The summed E-state index contributed by atoms with van der Waals surface area (Å²) in [5, 5.41) is 0. The van der Waals surface area contributed by atoms with Gasteiger partial charge in [-0.05, 0) is 48.3 Å². The second kappa shape index (κ2) is 5.14. The predicted octanol–water partition coefficient (Wildman–Crippen LogP) is 2.64. The van der Waals surface area contributed by atoms with E-state index in [4.69, 9.17) is 5.73 Å². The van der Waals surface area contributed by atoms with Crippen molar-refractivity contribution in [2.24, 2.45) is 0 Å². The molecule has 0 bridgehead atoms. The van der Waals surface area contributed by atoms with Crippen LogP contribution in [-0.2, 0) is 10.0 Å². The lowest BCUT2D eigenvalue weighted by atomic mass is 10.0. The molecular formula is C11H16BrFN2O2S. The van der Waals surface area contributed by atoms with Gasteiger partial charge in [-0.1, -0.05) is 6.92 Å². The van der Waals surface area contributed by atoms with Gasteiger partial charge in [-0.15, -0.1) is 0 Å². The number of nitrogen functional groups attached to an aromatic ring is 1. The summed E-state index contributed by atoms with van der Waals surface area (Å²) in [6, 6.07) is 2.15. The van der Waals surface area contributed by atoms with Crippen LogP contribution in [0.4, 0.5) is 10.1 Å². The van der Waals surface area contributed by atoms with E-state index in [1.54, 1.807) is 13.8 Å². The van der Waals surface area contributed by atoms with Crippen molar-refractivity contribution in [1.29, 1.82) is 0 Å². The molecule has 3 N–H and O–H groups in total. The molecule has 0 saturated carbocycles. The topological polar surface area (TPSA) is 72.2 Å². The van der Waals surface area contributed by atoms with Gasteiger partial charge in [0.25, 0.3) is 0 Å². The number of benzene rings is 1. The van der Waals surface area contributed by atoms with E-state index in [1.807, 2.05) is 6.92 Å². The first-order chi connectivity index (χ1) is 8.09. The van der Waals surface area contributed by atoms with Crippen molar-refractivity contribution in [2.45, 2.75) is 37.6 Å². The molecule has 0 aliphatic heterocycles. The Morgan fingerprint density at radius 2 is 2.00 bits per heavy atom. The molecule has 4 nitrogen and oxygen atoms in total. The molecule has 1 rings (SSSR count). The maximum atomic E-state index is 13.7. The van der Waals surface area contributed by atoms with Crippen LogP contribution in [0.15, 0.2) is 21.5 Å². The molecule has 0 radical (unpaired) electrons. The van der Waals surface area contributed by atoms with Crippen LogP contribution < -0.4 is 10.5 Å². The third-order valence-electron chi connectivity index (χ3n) is 2.64. The molecule has 7 heteroatoms. The van der Waals surface area contributed by atoms with Gasteiger partial charge in [-0.3, -0.25) is 0 Å². The number of nitrogens with one attached hydrogen (secondary N) is 1. The maximum absolute atomic E-state index is 13.7. The normalized spacial score (nSPS) is 12.7. The molecule has 0 aliphatic carbocycles. The van der Waals surface area contributed by atoms with E-state index < -0.39 is 26.3 Å². The molecule has 0 atom stereocenters. The van der Waals surface area contributed by atoms with Crippen LogP contribution in [0.1, 0.15) is 27.2 Å². The Bertz CT molecular complexity index is 558. The number of hydrogen-bond donors (Lipinski definition) is 2. The number of nitrogens with two attached hydrogens (primary N) is 1. The molecule has 1 aromatic rings. The van der Waals surface area contributed by atoms with Gasteiger partial charge in [0.05, 0.1) is 0 Å². The first-order valence-electron chi connectivity index (χ1n) is 5.37. The van der Waals surface area contributed by atoms with Crippen molar-refractivity contribution >= 4 is 31.6 Å². The predicted molar refractivity (Wildman–Crippen MR) is 73.2 cm³/mol. The Hall–Kier alpha value is -0.660. The SMILES string of the molecule is CCC(C)(C)NS(=O)(=O)c1cc(N)c(Br)cc1F. The molecular weight excluding hydrogens is 323 g/mol. The zero-order chi connectivity index (χ0) is 14.1. The number of halogens is 2. The first-order valence-corrected chi connectivity index (χ1v) is 7.65. The lowest BCUT2D eigenvalue weighted by molar-refractivity contribution is 0.437. The standard InChI is InChI=1S/C11H16BrFN2O2S/c1-4-11(2,3)15-18(16,17)10-6-9(14)7(12)5-8(10)13/h5-6,15H,4,14H2,1-3H3. The van der Waals surface area contributed by atoms with Crippen LogP contribution in [-0.4, -0.2) is 14.0 Å². The molecule has 102 valence electrons. The van der Waals surface area contributed by atoms with E-state index in [-0.39, 0.29) is 5.69 Å². The second-order valence-electron chi connectivity index (χ2n) is 4.65. The fraction of sp³-hybridized carbons (Fsp3) is 0.455. The van der Waals surface area contributed by atoms with E-state index in [0.29, 0.717) is 10.9 Å². The summed E-state index contributed by atoms with van der Waals surface area (Å²) >= 11 is 3.04. The molecule has 0 fully saturated rings. The fourth-order valence-corrected chi connectivity index (χ4v) is 3.14. The molecule has 1 aromatic carbocycles. The minimum absolute atomic E-state index is 0.172. The van der Waals surface area contributed by atoms with Crippen LogP contribution >= 0.6 is 15.9 Å². The largest absolute Gasteiger partial charge is 0.398 e. The van der Waals surface area contributed by atoms with Crippen molar-refractivity contribution in [3.8, 4) is 0 Å². The van der Waals surface area contributed by atoms with Crippen LogP contribution in [0, 0.1) is 5.82 Å². The van der Waals surface area contributed by atoms with Crippen molar-refractivity contribution in [2.75, 3.05) is 5.73 Å². The van der Waals surface area contributed by atoms with E-state index in [2.05, 4.69) is 20.7 Å². The third-order valence-corrected chi connectivity index (χ3v) is 5.04. The van der Waals surface area contributed by atoms with Gasteiger partial charge < -0.3 is 5.73 Å². The molecule has 0 spiro atoms. The van der Waals surface area contributed by atoms with Gasteiger partial charge in [-0.2, -0.15) is 0 Å². The molecule has 0 aliphatic rings. The van der Waals surface area contributed by atoms with Gasteiger partial charge in [0.15, 0.2) is 0 Å². The second-order valence-corrected chi connectivity index (χ2v) is 7.15. The van der Waals surface area contributed by atoms with Crippen molar-refractivity contribution < 1.29 is 12.8 Å². The number of sulfonamides is 1. The van der Waals surface area contributed by atoms with Crippen LogP contribution in [0.2, 0.25) is 0 Å². The lowest BCUT2D eigenvalue weighted by Gasteiger charge is -2.24. The Balaban J connectivity index is 3.26. The number of anilines is 1. The highest BCUT2D eigenvalue weighted by Crippen LogP contribution is 2.27. The van der Waals surface area contributed by atoms with Gasteiger partial charge in [-0.25, -0.2) is 17.5 Å². The number of hydrogen-bond acceptors (Lipinski definition) is 3. The van der Waals surface area contributed by atoms with Gasteiger partial charge in [0.2, 0.25) is 10.0 Å². The Labute approximate surface area is 115 Å². The molecule has 0 unspecified atom stereocenters. The van der Waals surface area contributed by atoms with Crippen LogP contribution in [0.5, 0.6) is 0 Å². The van der Waals surface area contributed by atoms with E-state index in [1.165, 1.54) is 0 Å². The van der Waals surface area contributed by atoms with E-state index in [9.17, 15) is 12.8 Å². The molecule has 18 heavy (non-hydrogen) atoms. The fourth-order valence-electron chi connectivity index (χ4n) is 1.24. The zero-order valence-corrected chi connectivity index (χ0v) is 12.8. The summed E-state index contributed by atoms with van der Waals surface area (Å²) in [6.07, 6.45) is 0.583. The Morgan fingerprint density at radius 1 is 1.44 bits per heavy atom. The average Bonchev–Trinajstić information content (AvgIpc) is 2.21. The van der Waals surface area contributed by atoms with Crippen molar-refractivity contribution in [3.63, 3.8) is 0 Å². The molecule has 0 aromatic heterocycles. The Morgan fingerprint density at radius 3 is 2.50 bits per heavy atom. The monoisotopic (exact) mass is 338 g/mol. The minimum atomic E-state index is -3.93. The molecule has 0 heterocycles. The Kier molecular flexibility index (Phi) is 4.40. The zero-order valence-electron chi connectivity index (χ0n) is 10.4. The van der Waals surface area contributed by atoms with E-state index in [0.717, 1.165) is 12.1 Å². The summed E-state index contributed by atoms with van der Waals surface area (Å²) in [7, 11) is -3.93. The number of rotatable bonds is 4. The summed E-state index contributed by atoms with van der Waals surface area (Å²) < 4.78 is 40.6. The highest BCUT2D eigenvalue weighted by molar-refractivity contribution is 9.10. The summed E-state index contributed by atoms with van der Waals surface area (Å²) in [5.41, 5.74) is 5.10. The lowest BCUT2D eigenvalue weighted by Crippen LogP contribution is -2.42.